The van der Waals surface area contributed by atoms with Gasteiger partial charge in [-0.2, -0.15) is 0 Å². The molecule has 1 saturated carbocycles. The number of carbonyl (C=O) groups excluding carboxylic acids is 2. The van der Waals surface area contributed by atoms with E-state index in [2.05, 4.69) is 5.32 Å². The van der Waals surface area contributed by atoms with Crippen molar-refractivity contribution in [3.8, 4) is 0 Å². The summed E-state index contributed by atoms with van der Waals surface area (Å²) >= 11 is 1.68. The Morgan fingerprint density at radius 1 is 1.22 bits per heavy atom. The zero-order valence-electron chi connectivity index (χ0n) is 16.0. The standard InChI is InChI=1S/C21H26N2O3S/c1-21(2,3)26-20(25)23-11-16-15(17(16)12-23)6-8-22-19(24)14-4-5-18-13(10-14)7-9-27-18/h4-5,7,9-10,15-17H,6,8,11-12H2,1-3H3,(H,22,24)/t15-,16-,17+. The molecule has 0 bridgehead atoms. The number of piperidine rings is 1. The molecule has 1 aliphatic carbocycles. The number of thiophene rings is 1. The molecule has 1 saturated heterocycles. The lowest BCUT2D eigenvalue weighted by molar-refractivity contribution is 0.0265. The van der Waals surface area contributed by atoms with Gasteiger partial charge in [0.2, 0.25) is 0 Å². The zero-order chi connectivity index (χ0) is 19.2. The van der Waals surface area contributed by atoms with Crippen LogP contribution in [0.5, 0.6) is 0 Å². The van der Waals surface area contributed by atoms with E-state index in [9.17, 15) is 9.59 Å². The Kier molecular flexibility index (Phi) is 4.62. The fraction of sp³-hybridized carbons (Fsp3) is 0.524. The Morgan fingerprint density at radius 3 is 2.67 bits per heavy atom. The van der Waals surface area contributed by atoms with Crippen molar-refractivity contribution in [3.05, 3.63) is 35.2 Å². The largest absolute Gasteiger partial charge is 0.444 e. The van der Waals surface area contributed by atoms with Gasteiger partial charge in [-0.1, -0.05) is 0 Å². The van der Waals surface area contributed by atoms with E-state index in [1.54, 1.807) is 11.3 Å². The van der Waals surface area contributed by atoms with Gasteiger partial charge in [-0.15, -0.1) is 11.3 Å². The molecule has 2 fully saturated rings. The highest BCUT2D eigenvalue weighted by Crippen LogP contribution is 2.53. The third kappa shape index (κ3) is 3.95. The summed E-state index contributed by atoms with van der Waals surface area (Å²) in [6.45, 7) is 7.93. The van der Waals surface area contributed by atoms with Crippen molar-refractivity contribution in [3.63, 3.8) is 0 Å². The van der Waals surface area contributed by atoms with Gasteiger partial charge < -0.3 is 15.0 Å². The Hall–Kier alpha value is -2.08. The number of nitrogens with one attached hydrogen (secondary N) is 1. The lowest BCUT2D eigenvalue weighted by Crippen LogP contribution is -2.37. The van der Waals surface area contributed by atoms with E-state index in [-0.39, 0.29) is 12.0 Å². The molecule has 3 atom stereocenters. The Balaban J connectivity index is 1.21. The van der Waals surface area contributed by atoms with Crippen molar-refractivity contribution >= 4 is 33.4 Å². The minimum absolute atomic E-state index is 0.00992. The molecule has 144 valence electrons. The maximum Gasteiger partial charge on any atom is 0.410 e. The minimum Gasteiger partial charge on any atom is -0.444 e. The van der Waals surface area contributed by atoms with Crippen LogP contribution in [-0.2, 0) is 4.74 Å². The van der Waals surface area contributed by atoms with Crippen LogP contribution in [-0.4, -0.2) is 42.1 Å². The lowest BCUT2D eigenvalue weighted by Gasteiger charge is -2.25. The number of hydrogen-bond acceptors (Lipinski definition) is 4. The number of ether oxygens (including phenoxy) is 1. The lowest BCUT2D eigenvalue weighted by atomic mass is 10.1. The van der Waals surface area contributed by atoms with Crippen LogP contribution in [0.15, 0.2) is 29.6 Å². The second-order valence-corrected chi connectivity index (χ2v) is 9.54. The van der Waals surface area contributed by atoms with Gasteiger partial charge >= 0.3 is 6.09 Å². The molecule has 5 nitrogen and oxygen atoms in total. The van der Waals surface area contributed by atoms with Crippen molar-refractivity contribution in [2.75, 3.05) is 19.6 Å². The van der Waals surface area contributed by atoms with Crippen LogP contribution in [0.3, 0.4) is 0 Å². The molecule has 1 aromatic heterocycles. The minimum atomic E-state index is -0.445. The number of amides is 2. The molecule has 4 rings (SSSR count). The average molecular weight is 387 g/mol. The molecule has 0 unspecified atom stereocenters. The third-order valence-electron chi connectivity index (χ3n) is 5.50. The van der Waals surface area contributed by atoms with Crippen molar-refractivity contribution < 1.29 is 14.3 Å². The zero-order valence-corrected chi connectivity index (χ0v) is 16.8. The summed E-state index contributed by atoms with van der Waals surface area (Å²) in [6, 6.07) is 7.88. The smallest absolute Gasteiger partial charge is 0.410 e. The highest BCUT2D eigenvalue weighted by molar-refractivity contribution is 7.17. The monoisotopic (exact) mass is 386 g/mol. The van der Waals surface area contributed by atoms with Crippen LogP contribution in [0, 0.1) is 17.8 Å². The molecule has 1 aliphatic heterocycles. The molecule has 2 heterocycles. The normalized spacial score (nSPS) is 24.0. The van der Waals surface area contributed by atoms with Gasteiger partial charge in [0.1, 0.15) is 5.60 Å². The SMILES string of the molecule is CC(C)(C)OC(=O)N1C[C@@H]2[C@@H](CCNC(=O)c3ccc4sccc4c3)[C@@H]2C1. The summed E-state index contributed by atoms with van der Waals surface area (Å²) < 4.78 is 6.64. The Morgan fingerprint density at radius 2 is 1.96 bits per heavy atom. The van der Waals surface area contributed by atoms with E-state index < -0.39 is 5.60 Å². The first kappa shape index (κ1) is 18.3. The molecule has 27 heavy (non-hydrogen) atoms. The molecule has 2 amide bonds. The maximum absolute atomic E-state index is 12.4. The van der Waals surface area contributed by atoms with Crippen molar-refractivity contribution in [2.24, 2.45) is 17.8 Å². The Labute approximate surface area is 163 Å². The number of hydrogen-bond donors (Lipinski definition) is 1. The van der Waals surface area contributed by atoms with E-state index in [4.69, 9.17) is 4.74 Å². The van der Waals surface area contributed by atoms with E-state index in [0.29, 0.717) is 29.9 Å². The van der Waals surface area contributed by atoms with E-state index in [0.717, 1.165) is 24.9 Å². The molecular weight excluding hydrogens is 360 g/mol. The molecule has 2 aliphatic rings. The van der Waals surface area contributed by atoms with Crippen molar-refractivity contribution in [1.82, 2.24) is 10.2 Å². The number of rotatable bonds is 4. The van der Waals surface area contributed by atoms with Crippen molar-refractivity contribution in [1.29, 1.82) is 0 Å². The first-order valence-corrected chi connectivity index (χ1v) is 10.4. The molecule has 0 spiro atoms. The average Bonchev–Trinajstić information content (AvgIpc) is 2.99. The molecular formula is C21H26N2O3S. The number of benzene rings is 1. The quantitative estimate of drug-likeness (QED) is 0.859. The summed E-state index contributed by atoms with van der Waals surface area (Å²) in [5, 5.41) is 6.20. The molecule has 1 aromatic carbocycles. The number of carbonyl (C=O) groups is 2. The van der Waals surface area contributed by atoms with Gasteiger partial charge in [-0.25, -0.2) is 4.79 Å². The molecule has 2 aromatic rings. The maximum atomic E-state index is 12.4. The van der Waals surface area contributed by atoms with E-state index >= 15 is 0 Å². The van der Waals surface area contributed by atoms with E-state index in [1.165, 1.54) is 4.70 Å². The summed E-state index contributed by atoms with van der Waals surface area (Å²) in [7, 11) is 0. The summed E-state index contributed by atoms with van der Waals surface area (Å²) in [5.41, 5.74) is 0.271. The number of likely N-dealkylation sites (tertiary alicyclic amines) is 1. The third-order valence-corrected chi connectivity index (χ3v) is 6.40. The van der Waals surface area contributed by atoms with Crippen LogP contribution in [0.1, 0.15) is 37.6 Å². The summed E-state index contributed by atoms with van der Waals surface area (Å²) in [4.78, 5) is 26.3. The first-order chi connectivity index (χ1) is 12.8. The molecule has 6 heteroatoms. The fourth-order valence-corrected chi connectivity index (χ4v) is 4.89. The first-order valence-electron chi connectivity index (χ1n) is 9.55. The van der Waals surface area contributed by atoms with Gasteiger partial charge in [0, 0.05) is 29.9 Å². The van der Waals surface area contributed by atoms with Gasteiger partial charge in [-0.05, 0) is 80.0 Å². The number of fused-ring (bicyclic) bond motifs is 2. The highest BCUT2D eigenvalue weighted by atomic mass is 32.1. The van der Waals surface area contributed by atoms with Crippen LogP contribution >= 0.6 is 11.3 Å². The number of nitrogens with zero attached hydrogens (tertiary/aromatic N) is 1. The van der Waals surface area contributed by atoms with Gasteiger partial charge in [-0.3, -0.25) is 4.79 Å². The van der Waals surface area contributed by atoms with Crippen molar-refractivity contribution in [2.45, 2.75) is 32.8 Å². The second-order valence-electron chi connectivity index (χ2n) is 8.59. The van der Waals surface area contributed by atoms with Gasteiger partial charge in [0.15, 0.2) is 0 Å². The predicted molar refractivity (Wildman–Crippen MR) is 107 cm³/mol. The van der Waals surface area contributed by atoms with Gasteiger partial charge in [0.05, 0.1) is 0 Å². The van der Waals surface area contributed by atoms with Gasteiger partial charge in [0.25, 0.3) is 5.91 Å². The van der Waals surface area contributed by atoms with Crippen LogP contribution in [0.4, 0.5) is 4.79 Å². The summed E-state index contributed by atoms with van der Waals surface area (Å²) in [5.74, 6) is 1.74. The predicted octanol–water partition coefficient (Wildman–Crippen LogP) is 4.13. The highest BCUT2D eigenvalue weighted by Gasteiger charge is 2.56. The van der Waals surface area contributed by atoms with Crippen LogP contribution in [0.25, 0.3) is 10.1 Å². The molecule has 0 radical (unpaired) electrons. The fourth-order valence-electron chi connectivity index (χ4n) is 4.12. The van der Waals surface area contributed by atoms with E-state index in [1.807, 2.05) is 55.3 Å². The Bertz CT molecular complexity index is 858. The van der Waals surface area contributed by atoms with Crippen LogP contribution < -0.4 is 5.32 Å². The molecule has 1 N–H and O–H groups in total. The summed E-state index contributed by atoms with van der Waals surface area (Å²) in [6.07, 6.45) is 0.773. The topological polar surface area (TPSA) is 58.6 Å². The second kappa shape index (κ2) is 6.82. The van der Waals surface area contributed by atoms with Crippen LogP contribution in [0.2, 0.25) is 0 Å².